The van der Waals surface area contributed by atoms with Crippen LogP contribution in [0, 0.1) is 0 Å². The monoisotopic (exact) mass is 280 g/mol. The number of amides is 1. The molecule has 2 heterocycles. The van der Waals surface area contributed by atoms with Crippen molar-refractivity contribution < 1.29 is 14.7 Å². The highest BCUT2D eigenvalue weighted by molar-refractivity contribution is 8.01. The number of carboxylic acids is 1. The van der Waals surface area contributed by atoms with Crippen LogP contribution in [0.15, 0.2) is 24.5 Å². The molecule has 1 N–H and O–H groups in total. The summed E-state index contributed by atoms with van der Waals surface area (Å²) in [5.41, 5.74) is 0.895. The van der Waals surface area contributed by atoms with Gasteiger partial charge >= 0.3 is 5.97 Å². The number of hydrogen-bond acceptors (Lipinski definition) is 4. The molecule has 1 saturated heterocycles. The summed E-state index contributed by atoms with van der Waals surface area (Å²) >= 11 is 1.49. The second-order valence-electron chi connectivity index (χ2n) is 5.02. The summed E-state index contributed by atoms with van der Waals surface area (Å²) in [5.74, 6) is -1.20. The number of rotatable bonds is 2. The van der Waals surface area contributed by atoms with Crippen molar-refractivity contribution in [2.45, 2.75) is 36.9 Å². The van der Waals surface area contributed by atoms with Crippen molar-refractivity contribution in [2.24, 2.45) is 0 Å². The van der Waals surface area contributed by atoms with Gasteiger partial charge in [-0.2, -0.15) is 0 Å². The minimum absolute atomic E-state index is 0.229. The van der Waals surface area contributed by atoms with Crippen LogP contribution < -0.4 is 0 Å². The first-order chi connectivity index (χ1) is 8.84. The molecule has 1 fully saturated rings. The van der Waals surface area contributed by atoms with E-state index in [1.165, 1.54) is 23.6 Å². The Morgan fingerprint density at radius 3 is 2.42 bits per heavy atom. The predicted molar refractivity (Wildman–Crippen MR) is 72.6 cm³/mol. The van der Waals surface area contributed by atoms with Crippen molar-refractivity contribution in [2.75, 3.05) is 0 Å². The molecule has 5 nitrogen and oxygen atoms in total. The Morgan fingerprint density at radius 1 is 1.37 bits per heavy atom. The summed E-state index contributed by atoms with van der Waals surface area (Å²) in [5, 5.41) is 9.13. The largest absolute Gasteiger partial charge is 0.480 e. The number of aromatic nitrogens is 1. The van der Waals surface area contributed by atoms with E-state index in [0.717, 1.165) is 5.56 Å². The lowest BCUT2D eigenvalue weighted by molar-refractivity contribution is -0.150. The molecule has 1 aliphatic rings. The molecular weight excluding hydrogens is 264 g/mol. The van der Waals surface area contributed by atoms with E-state index in [1.807, 2.05) is 26.0 Å². The summed E-state index contributed by atoms with van der Waals surface area (Å²) in [6, 6.07) is 2.80. The lowest BCUT2D eigenvalue weighted by atomic mass is 10.0. The van der Waals surface area contributed by atoms with Crippen LogP contribution in [-0.4, -0.2) is 37.7 Å². The summed E-state index contributed by atoms with van der Waals surface area (Å²) < 4.78 is -0.536. The van der Waals surface area contributed by atoms with E-state index in [9.17, 15) is 14.7 Å². The second kappa shape index (κ2) is 4.85. The molecule has 6 heteroatoms. The van der Waals surface area contributed by atoms with Crippen LogP contribution in [0.5, 0.6) is 0 Å². The predicted octanol–water partition coefficient (Wildman–Crippen LogP) is 1.91. The van der Waals surface area contributed by atoms with Crippen LogP contribution in [0.4, 0.5) is 0 Å². The SMILES string of the molecule is CC(=O)N1[C@@H](C(=O)O)C(C)(C)S[C@H]1c1ccncc1. The highest BCUT2D eigenvalue weighted by Crippen LogP contribution is 2.52. The van der Waals surface area contributed by atoms with Gasteiger partial charge in [0, 0.05) is 24.1 Å². The van der Waals surface area contributed by atoms with Crippen molar-refractivity contribution in [3.05, 3.63) is 30.1 Å². The molecular formula is C13H16N2O3S. The number of carbonyl (C=O) groups excluding carboxylic acids is 1. The van der Waals surface area contributed by atoms with Gasteiger partial charge in [0.25, 0.3) is 0 Å². The molecule has 2 rings (SSSR count). The van der Waals surface area contributed by atoms with E-state index >= 15 is 0 Å². The van der Waals surface area contributed by atoms with Gasteiger partial charge in [-0.3, -0.25) is 9.78 Å². The molecule has 1 aliphatic heterocycles. The Morgan fingerprint density at radius 2 is 1.95 bits per heavy atom. The van der Waals surface area contributed by atoms with E-state index in [2.05, 4.69) is 4.98 Å². The molecule has 1 aromatic rings. The summed E-state index contributed by atoms with van der Waals surface area (Å²) in [6.45, 7) is 5.12. The van der Waals surface area contributed by atoms with Crippen molar-refractivity contribution in [3.63, 3.8) is 0 Å². The number of thioether (sulfide) groups is 1. The van der Waals surface area contributed by atoms with E-state index in [1.54, 1.807) is 12.4 Å². The zero-order valence-electron chi connectivity index (χ0n) is 11.0. The highest BCUT2D eigenvalue weighted by atomic mass is 32.2. The van der Waals surface area contributed by atoms with Gasteiger partial charge in [0.15, 0.2) is 0 Å². The molecule has 19 heavy (non-hydrogen) atoms. The van der Waals surface area contributed by atoms with Gasteiger partial charge in [0.2, 0.25) is 5.91 Å². The van der Waals surface area contributed by atoms with Crippen molar-refractivity contribution >= 4 is 23.6 Å². The first-order valence-electron chi connectivity index (χ1n) is 5.94. The Kier molecular flexibility index (Phi) is 3.54. The van der Waals surface area contributed by atoms with Crippen LogP contribution in [0.25, 0.3) is 0 Å². The van der Waals surface area contributed by atoms with Crippen LogP contribution in [0.3, 0.4) is 0 Å². The Hall–Kier alpha value is -1.56. The molecule has 0 bridgehead atoms. The normalized spacial score (nSPS) is 25.3. The van der Waals surface area contributed by atoms with Gasteiger partial charge in [-0.25, -0.2) is 4.79 Å². The molecule has 0 unspecified atom stereocenters. The topological polar surface area (TPSA) is 70.5 Å². The molecule has 0 spiro atoms. The number of pyridine rings is 1. The summed E-state index contributed by atoms with van der Waals surface area (Å²) in [6.07, 6.45) is 3.30. The fraction of sp³-hybridized carbons (Fsp3) is 0.462. The lowest BCUT2D eigenvalue weighted by Crippen LogP contribution is -2.48. The fourth-order valence-electron chi connectivity index (χ4n) is 2.40. The van der Waals surface area contributed by atoms with Crippen LogP contribution in [0.1, 0.15) is 31.7 Å². The minimum atomic E-state index is -0.968. The van der Waals surface area contributed by atoms with Crippen LogP contribution in [0.2, 0.25) is 0 Å². The standard InChI is InChI=1S/C13H16N2O3S/c1-8(16)15-10(12(17)18)13(2,3)19-11(15)9-4-6-14-7-5-9/h4-7,10-11H,1-3H3,(H,17,18)/t10-,11-/m0/s1. The maximum atomic E-state index is 11.9. The quantitative estimate of drug-likeness (QED) is 0.896. The molecule has 102 valence electrons. The van der Waals surface area contributed by atoms with Crippen molar-refractivity contribution in [1.82, 2.24) is 9.88 Å². The molecule has 1 aromatic heterocycles. The number of hydrogen-bond donors (Lipinski definition) is 1. The van der Waals surface area contributed by atoms with Gasteiger partial charge in [0.1, 0.15) is 11.4 Å². The number of carbonyl (C=O) groups is 2. The number of carboxylic acid groups (broad SMARTS) is 1. The molecule has 1 amide bonds. The molecule has 0 aliphatic carbocycles. The van der Waals surface area contributed by atoms with E-state index < -0.39 is 16.8 Å². The van der Waals surface area contributed by atoms with E-state index in [4.69, 9.17) is 0 Å². The minimum Gasteiger partial charge on any atom is -0.480 e. The summed E-state index contributed by atoms with van der Waals surface area (Å²) in [7, 11) is 0. The van der Waals surface area contributed by atoms with Crippen molar-refractivity contribution in [1.29, 1.82) is 0 Å². The maximum absolute atomic E-state index is 11.9. The molecule has 0 radical (unpaired) electrons. The van der Waals surface area contributed by atoms with E-state index in [-0.39, 0.29) is 11.3 Å². The first-order valence-corrected chi connectivity index (χ1v) is 6.82. The zero-order chi connectivity index (χ0) is 14.2. The molecule has 2 atom stereocenters. The fourth-order valence-corrected chi connectivity index (χ4v) is 3.99. The average Bonchev–Trinajstić information content (AvgIpc) is 2.62. The van der Waals surface area contributed by atoms with Crippen LogP contribution >= 0.6 is 11.8 Å². The molecule has 0 saturated carbocycles. The number of aliphatic carboxylic acids is 1. The highest BCUT2D eigenvalue weighted by Gasteiger charge is 2.52. The smallest absolute Gasteiger partial charge is 0.327 e. The zero-order valence-corrected chi connectivity index (χ0v) is 11.8. The van der Waals surface area contributed by atoms with Gasteiger partial charge in [0.05, 0.1) is 0 Å². The third-order valence-electron chi connectivity index (χ3n) is 3.19. The molecule has 0 aromatic carbocycles. The van der Waals surface area contributed by atoms with E-state index in [0.29, 0.717) is 0 Å². The van der Waals surface area contributed by atoms with Crippen molar-refractivity contribution in [3.8, 4) is 0 Å². The Balaban J connectivity index is 2.45. The van der Waals surface area contributed by atoms with Crippen LogP contribution in [-0.2, 0) is 9.59 Å². The number of nitrogens with zero attached hydrogens (tertiary/aromatic N) is 2. The van der Waals surface area contributed by atoms with Gasteiger partial charge in [-0.05, 0) is 31.5 Å². The third-order valence-corrected chi connectivity index (χ3v) is 4.75. The van der Waals surface area contributed by atoms with Gasteiger partial charge < -0.3 is 10.0 Å². The Bertz CT molecular complexity index is 504. The van der Waals surface area contributed by atoms with Gasteiger partial charge in [-0.1, -0.05) is 0 Å². The maximum Gasteiger partial charge on any atom is 0.327 e. The lowest BCUT2D eigenvalue weighted by Gasteiger charge is -2.28. The first kappa shape index (κ1) is 13.9. The Labute approximate surface area is 116 Å². The average molecular weight is 280 g/mol. The van der Waals surface area contributed by atoms with Gasteiger partial charge in [-0.15, -0.1) is 11.8 Å². The second-order valence-corrected chi connectivity index (χ2v) is 6.76. The summed E-state index contributed by atoms with van der Waals surface area (Å²) in [4.78, 5) is 28.8. The third kappa shape index (κ3) is 2.45.